The third-order valence-corrected chi connectivity index (χ3v) is 3.70. The average Bonchev–Trinajstić information content (AvgIpc) is 2.66. The Balaban J connectivity index is 1.48. The maximum absolute atomic E-state index is 11.9. The molecule has 0 fully saturated rings. The second-order valence-corrected chi connectivity index (χ2v) is 5.56. The molecule has 0 unspecified atom stereocenters. The molecule has 0 saturated heterocycles. The molecular weight excluding hydrogens is 322 g/mol. The molecule has 0 radical (unpaired) electrons. The Labute approximate surface area is 146 Å². The van der Waals surface area contributed by atoms with Gasteiger partial charge in [0.25, 0.3) is 5.91 Å². The Hall–Kier alpha value is -2.80. The van der Waals surface area contributed by atoms with Gasteiger partial charge < -0.3 is 24.8 Å². The van der Waals surface area contributed by atoms with Crippen LogP contribution in [-0.2, 0) is 4.74 Å². The van der Waals surface area contributed by atoms with Gasteiger partial charge in [-0.05, 0) is 24.3 Å². The summed E-state index contributed by atoms with van der Waals surface area (Å²) in [4.78, 5) is 16.1. The summed E-state index contributed by atoms with van der Waals surface area (Å²) in [6.45, 7) is 1.98. The highest BCUT2D eigenvalue weighted by molar-refractivity contribution is 5.94. The zero-order chi connectivity index (χ0) is 17.5. The van der Waals surface area contributed by atoms with Crippen LogP contribution in [0.15, 0.2) is 42.6 Å². The van der Waals surface area contributed by atoms with E-state index < -0.39 is 0 Å². The Kier molecular flexibility index (Phi) is 5.69. The van der Waals surface area contributed by atoms with Gasteiger partial charge in [-0.25, -0.2) is 4.98 Å². The largest absolute Gasteiger partial charge is 0.486 e. The van der Waals surface area contributed by atoms with Crippen LogP contribution in [-0.4, -0.2) is 50.4 Å². The van der Waals surface area contributed by atoms with Crippen molar-refractivity contribution in [2.24, 2.45) is 0 Å². The normalized spacial score (nSPS) is 15.5. The van der Waals surface area contributed by atoms with Gasteiger partial charge in [-0.3, -0.25) is 4.79 Å². The van der Waals surface area contributed by atoms with Gasteiger partial charge in [0, 0.05) is 19.9 Å². The number of aromatic nitrogens is 1. The molecule has 1 aliphatic rings. The van der Waals surface area contributed by atoms with Gasteiger partial charge in [0.1, 0.15) is 18.5 Å². The average molecular weight is 343 g/mol. The van der Waals surface area contributed by atoms with Crippen LogP contribution in [0.5, 0.6) is 11.5 Å². The lowest BCUT2D eigenvalue weighted by Gasteiger charge is -2.26. The monoisotopic (exact) mass is 343 g/mol. The number of hydrogen-bond acceptors (Lipinski definition) is 6. The van der Waals surface area contributed by atoms with Gasteiger partial charge in [-0.1, -0.05) is 12.1 Å². The molecule has 7 nitrogen and oxygen atoms in total. The van der Waals surface area contributed by atoms with E-state index in [1.165, 1.54) is 6.20 Å². The first-order valence-corrected chi connectivity index (χ1v) is 8.12. The number of nitrogens with one attached hydrogen (secondary N) is 2. The smallest absolute Gasteiger partial charge is 0.252 e. The quantitative estimate of drug-likeness (QED) is 0.745. The van der Waals surface area contributed by atoms with Gasteiger partial charge >= 0.3 is 0 Å². The highest BCUT2D eigenvalue weighted by Crippen LogP contribution is 2.30. The molecule has 1 amide bonds. The Morgan fingerprint density at radius 2 is 2.12 bits per heavy atom. The second-order valence-electron chi connectivity index (χ2n) is 5.56. The van der Waals surface area contributed by atoms with E-state index in [2.05, 4.69) is 15.6 Å². The second kappa shape index (κ2) is 8.34. The summed E-state index contributed by atoms with van der Waals surface area (Å²) >= 11 is 0. The number of ether oxygens (including phenoxy) is 3. The van der Waals surface area contributed by atoms with E-state index in [-0.39, 0.29) is 12.0 Å². The predicted molar refractivity (Wildman–Crippen MR) is 93.3 cm³/mol. The van der Waals surface area contributed by atoms with Crippen molar-refractivity contribution in [1.82, 2.24) is 10.3 Å². The van der Waals surface area contributed by atoms with Crippen molar-refractivity contribution in [3.05, 3.63) is 48.2 Å². The van der Waals surface area contributed by atoms with Crippen LogP contribution in [0.1, 0.15) is 10.4 Å². The first-order chi connectivity index (χ1) is 12.3. The van der Waals surface area contributed by atoms with Crippen LogP contribution in [0, 0.1) is 0 Å². The van der Waals surface area contributed by atoms with Crippen LogP contribution in [0.4, 0.5) is 5.82 Å². The summed E-state index contributed by atoms with van der Waals surface area (Å²) in [7, 11) is 1.59. The van der Waals surface area contributed by atoms with Gasteiger partial charge in [0.15, 0.2) is 11.5 Å². The molecule has 132 valence electrons. The van der Waals surface area contributed by atoms with Crippen molar-refractivity contribution >= 4 is 11.7 Å². The molecule has 1 atom stereocenters. The predicted octanol–water partition coefficient (Wildman–Crippen LogP) is 1.71. The van der Waals surface area contributed by atoms with E-state index in [0.29, 0.717) is 37.7 Å². The van der Waals surface area contributed by atoms with Crippen molar-refractivity contribution in [2.45, 2.75) is 6.10 Å². The number of nitrogens with zero attached hydrogens (tertiary/aromatic N) is 1. The van der Waals surface area contributed by atoms with Crippen molar-refractivity contribution in [3.63, 3.8) is 0 Å². The molecule has 2 aromatic rings. The summed E-state index contributed by atoms with van der Waals surface area (Å²) < 4.78 is 16.4. The number of fused-ring (bicyclic) bond motifs is 1. The number of carbonyl (C=O) groups excluding carboxylic acids is 1. The highest BCUT2D eigenvalue weighted by Gasteiger charge is 2.20. The van der Waals surface area contributed by atoms with Gasteiger partial charge in [-0.15, -0.1) is 0 Å². The van der Waals surface area contributed by atoms with E-state index >= 15 is 0 Å². The number of anilines is 1. The van der Waals surface area contributed by atoms with E-state index in [1.54, 1.807) is 19.2 Å². The molecule has 3 rings (SSSR count). The fraction of sp³-hybridized carbons (Fsp3) is 0.333. The number of pyridine rings is 1. The summed E-state index contributed by atoms with van der Waals surface area (Å²) in [5, 5.41) is 5.95. The number of hydrogen-bond donors (Lipinski definition) is 2. The number of rotatable bonds is 7. The van der Waals surface area contributed by atoms with E-state index in [4.69, 9.17) is 14.2 Å². The van der Waals surface area contributed by atoms with Gasteiger partial charge in [0.2, 0.25) is 0 Å². The lowest BCUT2D eigenvalue weighted by molar-refractivity contribution is 0.0936. The SMILES string of the molecule is COCCNC(=O)c1ccc(NC[C@H]2COc3ccccc3O2)nc1. The van der Waals surface area contributed by atoms with Crippen LogP contribution < -0.4 is 20.1 Å². The Morgan fingerprint density at radius 3 is 2.88 bits per heavy atom. The molecule has 25 heavy (non-hydrogen) atoms. The fourth-order valence-corrected chi connectivity index (χ4v) is 2.38. The molecule has 1 aromatic heterocycles. The molecule has 1 aliphatic heterocycles. The highest BCUT2D eigenvalue weighted by atomic mass is 16.6. The van der Waals surface area contributed by atoms with E-state index in [0.717, 1.165) is 11.5 Å². The topological polar surface area (TPSA) is 81.7 Å². The van der Waals surface area contributed by atoms with Crippen LogP contribution in [0.25, 0.3) is 0 Å². The summed E-state index contributed by atoms with van der Waals surface area (Å²) in [6.07, 6.45) is 1.44. The molecule has 0 spiro atoms. The molecule has 7 heteroatoms. The lowest BCUT2D eigenvalue weighted by atomic mass is 10.2. The van der Waals surface area contributed by atoms with E-state index in [1.807, 2.05) is 24.3 Å². The summed E-state index contributed by atoms with van der Waals surface area (Å²) in [6, 6.07) is 11.1. The van der Waals surface area contributed by atoms with Crippen LogP contribution in [0.2, 0.25) is 0 Å². The third kappa shape index (κ3) is 4.60. The molecule has 2 heterocycles. The number of methoxy groups -OCH3 is 1. The minimum Gasteiger partial charge on any atom is -0.486 e. The lowest BCUT2D eigenvalue weighted by Crippen LogP contribution is -2.35. The molecular formula is C18H21N3O4. The number of amides is 1. The summed E-state index contributed by atoms with van der Waals surface area (Å²) in [5.74, 6) is 2.02. The van der Waals surface area contributed by atoms with Crippen molar-refractivity contribution in [1.29, 1.82) is 0 Å². The van der Waals surface area contributed by atoms with Crippen LogP contribution in [0.3, 0.4) is 0 Å². The van der Waals surface area contributed by atoms with Gasteiger partial charge in [-0.2, -0.15) is 0 Å². The maximum Gasteiger partial charge on any atom is 0.252 e. The summed E-state index contributed by atoms with van der Waals surface area (Å²) in [5.41, 5.74) is 0.507. The Morgan fingerprint density at radius 1 is 1.28 bits per heavy atom. The zero-order valence-electron chi connectivity index (χ0n) is 14.0. The number of carbonyl (C=O) groups is 1. The molecule has 0 bridgehead atoms. The third-order valence-electron chi connectivity index (χ3n) is 3.70. The number of benzene rings is 1. The van der Waals surface area contributed by atoms with E-state index in [9.17, 15) is 4.79 Å². The zero-order valence-corrected chi connectivity index (χ0v) is 14.0. The molecule has 0 saturated carbocycles. The van der Waals surface area contributed by atoms with Crippen molar-refractivity contribution in [2.75, 3.05) is 38.7 Å². The minimum atomic E-state index is -0.170. The minimum absolute atomic E-state index is 0.103. The van der Waals surface area contributed by atoms with Crippen molar-refractivity contribution < 1.29 is 19.0 Å². The Bertz CT molecular complexity index is 706. The van der Waals surface area contributed by atoms with Crippen LogP contribution >= 0.6 is 0 Å². The first kappa shape index (κ1) is 17.0. The standard InChI is InChI=1S/C18H21N3O4/c1-23-9-8-19-18(22)13-6-7-17(20-10-13)21-11-14-12-24-15-4-2-3-5-16(15)25-14/h2-7,10,14H,8-9,11-12H2,1H3,(H,19,22)(H,20,21)/t14-/m0/s1. The first-order valence-electron chi connectivity index (χ1n) is 8.12. The number of para-hydroxylation sites is 2. The molecule has 1 aromatic carbocycles. The van der Waals surface area contributed by atoms with Gasteiger partial charge in [0.05, 0.1) is 18.7 Å². The molecule has 2 N–H and O–H groups in total. The maximum atomic E-state index is 11.9. The fourth-order valence-electron chi connectivity index (χ4n) is 2.38. The van der Waals surface area contributed by atoms with Crippen molar-refractivity contribution in [3.8, 4) is 11.5 Å². The molecule has 0 aliphatic carbocycles.